The van der Waals surface area contributed by atoms with Gasteiger partial charge in [0, 0.05) is 19.6 Å². The molecule has 1 amide bonds. The Balaban J connectivity index is 1.42. The van der Waals surface area contributed by atoms with Crippen molar-refractivity contribution in [1.82, 2.24) is 19.7 Å². The first kappa shape index (κ1) is 20.4. The number of aromatic nitrogens is 3. The average molecular weight is 427 g/mol. The van der Waals surface area contributed by atoms with Crippen molar-refractivity contribution in [3.8, 4) is 17.1 Å². The van der Waals surface area contributed by atoms with E-state index >= 15 is 0 Å². The number of ether oxygens (including phenoxy) is 1. The van der Waals surface area contributed by atoms with Crippen LogP contribution in [0.5, 0.6) is 5.75 Å². The van der Waals surface area contributed by atoms with Crippen LogP contribution in [0.1, 0.15) is 18.4 Å². The van der Waals surface area contributed by atoms with Crippen LogP contribution in [0.15, 0.2) is 53.7 Å². The van der Waals surface area contributed by atoms with E-state index in [1.807, 2.05) is 29.2 Å². The quantitative estimate of drug-likeness (QED) is 0.511. The molecule has 1 heterocycles. The second-order valence-corrected chi connectivity index (χ2v) is 8.18. The van der Waals surface area contributed by atoms with Crippen LogP contribution >= 0.6 is 11.8 Å². The smallest absolute Gasteiger partial charge is 0.233 e. The first-order valence-electron chi connectivity index (χ1n) is 9.76. The Morgan fingerprint density at radius 3 is 2.60 bits per heavy atom. The fourth-order valence-corrected chi connectivity index (χ4v) is 4.06. The lowest BCUT2D eigenvalue weighted by Gasteiger charge is -2.22. The van der Waals surface area contributed by atoms with Gasteiger partial charge in [0.25, 0.3) is 0 Å². The van der Waals surface area contributed by atoms with E-state index in [-0.39, 0.29) is 17.5 Å². The monoisotopic (exact) mass is 426 g/mol. The van der Waals surface area contributed by atoms with E-state index in [4.69, 9.17) is 4.74 Å². The zero-order valence-electron chi connectivity index (χ0n) is 16.9. The molecular formula is C22H23FN4O2S. The SMILES string of the molecule is COc1ccc(CN(C(=O)CSc2nnc(-c3ccccc3F)n2C)C2CC2)cc1. The standard InChI is InChI=1S/C22H23FN4O2S/c1-26-21(18-5-3-4-6-19(18)23)24-25-22(26)30-14-20(28)27(16-9-10-16)13-15-7-11-17(29-2)12-8-15/h3-8,11-12,16H,9-10,13-14H2,1-2H3. The van der Waals surface area contributed by atoms with E-state index in [9.17, 15) is 9.18 Å². The lowest BCUT2D eigenvalue weighted by molar-refractivity contribution is -0.129. The highest BCUT2D eigenvalue weighted by atomic mass is 32.2. The number of rotatable bonds is 8. The van der Waals surface area contributed by atoms with E-state index < -0.39 is 0 Å². The summed E-state index contributed by atoms with van der Waals surface area (Å²) in [6.07, 6.45) is 2.07. The van der Waals surface area contributed by atoms with Crippen LogP contribution in [-0.2, 0) is 18.4 Å². The number of hydrogen-bond donors (Lipinski definition) is 0. The second-order valence-electron chi connectivity index (χ2n) is 7.23. The second kappa shape index (κ2) is 8.87. The lowest BCUT2D eigenvalue weighted by atomic mass is 10.2. The predicted molar refractivity (Wildman–Crippen MR) is 114 cm³/mol. The van der Waals surface area contributed by atoms with Crippen molar-refractivity contribution in [2.24, 2.45) is 7.05 Å². The molecule has 6 nitrogen and oxygen atoms in total. The number of amides is 1. The first-order valence-corrected chi connectivity index (χ1v) is 10.7. The van der Waals surface area contributed by atoms with Crippen molar-refractivity contribution in [1.29, 1.82) is 0 Å². The van der Waals surface area contributed by atoms with Crippen molar-refractivity contribution >= 4 is 17.7 Å². The minimum atomic E-state index is -0.347. The number of hydrogen-bond acceptors (Lipinski definition) is 5. The van der Waals surface area contributed by atoms with E-state index in [0.29, 0.717) is 29.1 Å². The van der Waals surface area contributed by atoms with Gasteiger partial charge in [-0.3, -0.25) is 4.79 Å². The van der Waals surface area contributed by atoms with Gasteiger partial charge < -0.3 is 14.2 Å². The number of halogens is 1. The molecule has 0 bridgehead atoms. The number of carbonyl (C=O) groups is 1. The molecule has 1 fully saturated rings. The molecule has 1 aliphatic rings. The van der Waals surface area contributed by atoms with E-state index in [2.05, 4.69) is 10.2 Å². The topological polar surface area (TPSA) is 60.2 Å². The molecule has 3 aromatic rings. The van der Waals surface area contributed by atoms with Gasteiger partial charge >= 0.3 is 0 Å². The molecule has 1 aromatic heterocycles. The van der Waals surface area contributed by atoms with Crippen LogP contribution in [-0.4, -0.2) is 44.5 Å². The number of thioether (sulfide) groups is 1. The molecule has 0 aliphatic heterocycles. The van der Waals surface area contributed by atoms with Crippen molar-refractivity contribution in [3.05, 3.63) is 59.9 Å². The van der Waals surface area contributed by atoms with Gasteiger partial charge in [0.05, 0.1) is 18.4 Å². The van der Waals surface area contributed by atoms with Crippen LogP contribution in [0.25, 0.3) is 11.4 Å². The summed E-state index contributed by atoms with van der Waals surface area (Å²) in [5.41, 5.74) is 1.46. The Morgan fingerprint density at radius 2 is 1.93 bits per heavy atom. The van der Waals surface area contributed by atoms with Gasteiger partial charge in [-0.05, 0) is 42.7 Å². The van der Waals surface area contributed by atoms with Gasteiger partial charge in [-0.2, -0.15) is 0 Å². The number of methoxy groups -OCH3 is 1. The van der Waals surface area contributed by atoms with E-state index in [1.54, 1.807) is 36.9 Å². The van der Waals surface area contributed by atoms with Gasteiger partial charge in [-0.15, -0.1) is 10.2 Å². The van der Waals surface area contributed by atoms with E-state index in [0.717, 1.165) is 24.2 Å². The molecule has 0 spiro atoms. The van der Waals surface area contributed by atoms with Gasteiger partial charge in [0.2, 0.25) is 5.91 Å². The highest BCUT2D eigenvalue weighted by molar-refractivity contribution is 7.99. The third-order valence-corrected chi connectivity index (χ3v) is 6.10. The van der Waals surface area contributed by atoms with Crippen molar-refractivity contribution < 1.29 is 13.9 Å². The molecule has 0 radical (unpaired) electrons. The van der Waals surface area contributed by atoms with Gasteiger partial charge in [-0.1, -0.05) is 36.0 Å². The van der Waals surface area contributed by atoms with Crippen molar-refractivity contribution in [3.63, 3.8) is 0 Å². The zero-order valence-corrected chi connectivity index (χ0v) is 17.7. The number of benzene rings is 2. The van der Waals surface area contributed by atoms with Crippen LogP contribution in [0, 0.1) is 5.82 Å². The Labute approximate surface area is 179 Å². The van der Waals surface area contributed by atoms with Crippen LogP contribution in [0.4, 0.5) is 4.39 Å². The summed E-state index contributed by atoms with van der Waals surface area (Å²) in [6.45, 7) is 0.577. The Kier molecular flexibility index (Phi) is 6.03. The average Bonchev–Trinajstić information content (AvgIpc) is 3.54. The minimum Gasteiger partial charge on any atom is -0.497 e. The molecule has 0 atom stereocenters. The molecule has 30 heavy (non-hydrogen) atoms. The molecule has 1 saturated carbocycles. The summed E-state index contributed by atoms with van der Waals surface area (Å²) in [5.74, 6) is 1.22. The molecule has 2 aromatic carbocycles. The summed E-state index contributed by atoms with van der Waals surface area (Å²) in [7, 11) is 3.42. The maximum Gasteiger partial charge on any atom is 0.233 e. The van der Waals surface area contributed by atoms with E-state index in [1.165, 1.54) is 17.8 Å². The summed E-state index contributed by atoms with van der Waals surface area (Å²) in [6, 6.07) is 14.5. The largest absolute Gasteiger partial charge is 0.497 e. The van der Waals surface area contributed by atoms with Gasteiger partial charge in [0.1, 0.15) is 11.6 Å². The number of nitrogens with zero attached hydrogens (tertiary/aromatic N) is 4. The fourth-order valence-electron chi connectivity index (χ4n) is 3.26. The van der Waals surface area contributed by atoms with Crippen molar-refractivity contribution in [2.45, 2.75) is 30.6 Å². The Morgan fingerprint density at radius 1 is 1.20 bits per heavy atom. The summed E-state index contributed by atoms with van der Waals surface area (Å²) >= 11 is 1.32. The third kappa shape index (κ3) is 4.48. The predicted octanol–water partition coefficient (Wildman–Crippen LogP) is 3.91. The Bertz CT molecular complexity index is 1030. The first-order chi connectivity index (χ1) is 14.6. The molecule has 4 rings (SSSR count). The van der Waals surface area contributed by atoms with Crippen LogP contribution in [0.3, 0.4) is 0 Å². The molecule has 0 unspecified atom stereocenters. The maximum absolute atomic E-state index is 14.1. The van der Waals surface area contributed by atoms with Crippen LogP contribution in [0.2, 0.25) is 0 Å². The molecule has 1 aliphatic carbocycles. The van der Waals surface area contributed by atoms with Gasteiger partial charge in [0.15, 0.2) is 11.0 Å². The summed E-state index contributed by atoms with van der Waals surface area (Å²) < 4.78 is 21.0. The highest BCUT2D eigenvalue weighted by Gasteiger charge is 2.32. The molecule has 0 N–H and O–H groups in total. The minimum absolute atomic E-state index is 0.0637. The third-order valence-electron chi connectivity index (χ3n) is 5.09. The fraction of sp³-hybridized carbons (Fsp3) is 0.318. The Hall–Kier alpha value is -2.87. The number of carbonyl (C=O) groups excluding carboxylic acids is 1. The maximum atomic E-state index is 14.1. The lowest BCUT2D eigenvalue weighted by Crippen LogP contribution is -2.34. The van der Waals surface area contributed by atoms with Crippen molar-refractivity contribution in [2.75, 3.05) is 12.9 Å². The normalized spacial score (nSPS) is 13.3. The molecular weight excluding hydrogens is 403 g/mol. The summed E-state index contributed by atoms with van der Waals surface area (Å²) in [5, 5.41) is 8.85. The van der Waals surface area contributed by atoms with Crippen LogP contribution < -0.4 is 4.74 Å². The highest BCUT2D eigenvalue weighted by Crippen LogP contribution is 2.30. The molecule has 0 saturated heterocycles. The summed E-state index contributed by atoms with van der Waals surface area (Å²) in [4.78, 5) is 14.9. The van der Waals surface area contributed by atoms with Gasteiger partial charge in [-0.25, -0.2) is 4.39 Å². The molecule has 8 heteroatoms. The molecule has 156 valence electrons. The zero-order chi connectivity index (χ0) is 21.1.